The van der Waals surface area contributed by atoms with Crippen molar-refractivity contribution in [1.29, 1.82) is 0 Å². The van der Waals surface area contributed by atoms with E-state index in [9.17, 15) is 22.8 Å². The molecule has 0 radical (unpaired) electrons. The third-order valence-corrected chi connectivity index (χ3v) is 4.88. The number of nitrogens with zero attached hydrogens (tertiary/aromatic N) is 1. The van der Waals surface area contributed by atoms with Crippen molar-refractivity contribution in [3.05, 3.63) is 70.8 Å². The molecular weight excluding hydrogens is 397 g/mol. The van der Waals surface area contributed by atoms with Crippen LogP contribution < -0.4 is 5.32 Å². The number of alkyl halides is 3. The molecule has 1 amide bonds. The molecule has 1 aliphatic carbocycles. The van der Waals surface area contributed by atoms with Crippen molar-refractivity contribution in [1.82, 2.24) is 10.2 Å². The summed E-state index contributed by atoms with van der Waals surface area (Å²) >= 11 is 0. The maximum Gasteiger partial charge on any atom is 0.405 e. The number of hydrogen-bond donors (Lipinski definition) is 1. The summed E-state index contributed by atoms with van der Waals surface area (Å²) in [7, 11) is 1.34. The van der Waals surface area contributed by atoms with Crippen molar-refractivity contribution in [3.63, 3.8) is 0 Å². The minimum Gasteiger partial charge on any atom is -0.465 e. The second-order valence-corrected chi connectivity index (χ2v) is 7.32. The Bertz CT molecular complexity index is 876. The van der Waals surface area contributed by atoms with E-state index >= 15 is 0 Å². The third-order valence-electron chi connectivity index (χ3n) is 4.88. The molecule has 3 rings (SSSR count). The van der Waals surface area contributed by atoms with Gasteiger partial charge in [0.15, 0.2) is 0 Å². The summed E-state index contributed by atoms with van der Waals surface area (Å²) in [6, 6.07) is 14.3. The first kappa shape index (κ1) is 21.8. The fourth-order valence-electron chi connectivity index (χ4n) is 3.13. The van der Waals surface area contributed by atoms with Crippen LogP contribution >= 0.6 is 0 Å². The van der Waals surface area contributed by atoms with Gasteiger partial charge in [-0.3, -0.25) is 9.69 Å². The zero-order valence-electron chi connectivity index (χ0n) is 16.5. The second-order valence-electron chi connectivity index (χ2n) is 7.32. The van der Waals surface area contributed by atoms with Crippen LogP contribution in [0.5, 0.6) is 0 Å². The Balaban J connectivity index is 1.60. The lowest BCUT2D eigenvalue weighted by atomic mass is 10.1. The number of carbonyl (C=O) groups excluding carboxylic acids is 2. The van der Waals surface area contributed by atoms with Crippen molar-refractivity contribution in [2.45, 2.75) is 38.1 Å². The van der Waals surface area contributed by atoms with Gasteiger partial charge in [0.2, 0.25) is 0 Å². The number of hydrogen-bond acceptors (Lipinski definition) is 4. The molecule has 5 nitrogen and oxygen atoms in total. The van der Waals surface area contributed by atoms with Crippen molar-refractivity contribution < 1.29 is 27.5 Å². The molecule has 0 atom stereocenters. The van der Waals surface area contributed by atoms with E-state index in [4.69, 9.17) is 4.74 Å². The molecular formula is C22H23F3N2O3. The van der Waals surface area contributed by atoms with Gasteiger partial charge in [0.05, 0.1) is 12.7 Å². The largest absolute Gasteiger partial charge is 0.465 e. The van der Waals surface area contributed by atoms with E-state index in [0.29, 0.717) is 24.7 Å². The lowest BCUT2D eigenvalue weighted by molar-refractivity contribution is -0.123. The van der Waals surface area contributed by atoms with Crippen molar-refractivity contribution in [3.8, 4) is 0 Å². The summed E-state index contributed by atoms with van der Waals surface area (Å²) in [4.78, 5) is 25.7. The van der Waals surface area contributed by atoms with Gasteiger partial charge < -0.3 is 10.1 Å². The number of carbonyl (C=O) groups is 2. The van der Waals surface area contributed by atoms with Gasteiger partial charge in [-0.25, -0.2) is 4.79 Å². The summed E-state index contributed by atoms with van der Waals surface area (Å²) in [5.41, 5.74) is 2.73. The Morgan fingerprint density at radius 3 is 1.90 bits per heavy atom. The van der Waals surface area contributed by atoms with Gasteiger partial charge in [-0.05, 0) is 48.2 Å². The molecule has 160 valence electrons. The zero-order valence-corrected chi connectivity index (χ0v) is 16.5. The molecule has 0 heterocycles. The standard InChI is InChI=1S/C22H23F3N2O3/c1-30-21(29)18-8-4-16(5-9-18)13-27(19-10-11-19)12-15-2-6-17(7-3-15)20(28)26-14-22(23,24)25/h2-9,19H,10-14H2,1H3,(H,26,28). The molecule has 1 aliphatic rings. The van der Waals surface area contributed by atoms with E-state index in [-0.39, 0.29) is 11.5 Å². The second kappa shape index (κ2) is 9.30. The van der Waals surface area contributed by atoms with Gasteiger partial charge >= 0.3 is 12.1 Å². The molecule has 0 aliphatic heterocycles. The van der Waals surface area contributed by atoms with Crippen molar-refractivity contribution >= 4 is 11.9 Å². The molecule has 0 spiro atoms. The predicted octanol–water partition coefficient (Wildman–Crippen LogP) is 3.93. The number of benzene rings is 2. The Morgan fingerprint density at radius 1 is 0.967 bits per heavy atom. The fraction of sp³-hybridized carbons (Fsp3) is 0.364. The first-order valence-electron chi connectivity index (χ1n) is 9.60. The summed E-state index contributed by atoms with van der Waals surface area (Å²) in [5.74, 6) is -1.12. The van der Waals surface area contributed by atoms with E-state index < -0.39 is 18.6 Å². The van der Waals surface area contributed by atoms with Crippen LogP contribution in [0.2, 0.25) is 0 Å². The molecule has 8 heteroatoms. The molecule has 0 unspecified atom stereocenters. The maximum atomic E-state index is 12.2. The average Bonchev–Trinajstić information content (AvgIpc) is 3.57. The van der Waals surface area contributed by atoms with Crippen LogP contribution in [-0.2, 0) is 17.8 Å². The predicted molar refractivity (Wildman–Crippen MR) is 105 cm³/mol. The number of methoxy groups -OCH3 is 1. The van der Waals surface area contributed by atoms with Gasteiger partial charge in [-0.1, -0.05) is 24.3 Å². The lowest BCUT2D eigenvalue weighted by Crippen LogP contribution is -2.33. The molecule has 0 bridgehead atoms. The third kappa shape index (κ3) is 6.32. The molecule has 1 saturated carbocycles. The molecule has 1 fully saturated rings. The Labute approximate surface area is 172 Å². The molecule has 2 aromatic carbocycles. The van der Waals surface area contributed by atoms with Gasteiger partial charge in [0.25, 0.3) is 5.91 Å². The average molecular weight is 420 g/mol. The fourth-order valence-corrected chi connectivity index (χ4v) is 3.13. The van der Waals surface area contributed by atoms with E-state index in [1.165, 1.54) is 19.2 Å². The SMILES string of the molecule is COC(=O)c1ccc(CN(Cc2ccc(C(=O)NCC(F)(F)F)cc2)C2CC2)cc1. The highest BCUT2D eigenvalue weighted by atomic mass is 19.4. The Morgan fingerprint density at radius 2 is 1.47 bits per heavy atom. The van der Waals surface area contributed by atoms with Gasteiger partial charge in [-0.15, -0.1) is 0 Å². The number of rotatable bonds is 8. The van der Waals surface area contributed by atoms with Gasteiger partial charge in [0.1, 0.15) is 6.54 Å². The highest BCUT2D eigenvalue weighted by Gasteiger charge is 2.29. The first-order valence-corrected chi connectivity index (χ1v) is 9.60. The Kier molecular flexibility index (Phi) is 6.77. The maximum absolute atomic E-state index is 12.2. The smallest absolute Gasteiger partial charge is 0.405 e. The quantitative estimate of drug-likeness (QED) is 0.658. The van der Waals surface area contributed by atoms with Gasteiger partial charge in [0, 0.05) is 24.7 Å². The topological polar surface area (TPSA) is 58.6 Å². The highest BCUT2D eigenvalue weighted by Crippen LogP contribution is 2.30. The minimum absolute atomic E-state index is 0.194. The summed E-state index contributed by atoms with van der Waals surface area (Å²) in [6.45, 7) is 0.0195. The van der Waals surface area contributed by atoms with Gasteiger partial charge in [-0.2, -0.15) is 13.2 Å². The summed E-state index contributed by atoms with van der Waals surface area (Å²) in [5, 5.41) is 1.87. The first-order chi connectivity index (χ1) is 14.2. The molecule has 1 N–H and O–H groups in total. The lowest BCUT2D eigenvalue weighted by Gasteiger charge is -2.22. The number of esters is 1. The van der Waals surface area contributed by atoms with Crippen LogP contribution in [0.1, 0.15) is 44.7 Å². The summed E-state index contributed by atoms with van der Waals surface area (Å²) < 4.78 is 41.4. The van der Waals surface area contributed by atoms with E-state index in [2.05, 4.69) is 4.90 Å². The molecule has 2 aromatic rings. The summed E-state index contributed by atoms with van der Waals surface area (Å²) in [6.07, 6.45) is -2.22. The van der Waals surface area contributed by atoms with Crippen molar-refractivity contribution in [2.24, 2.45) is 0 Å². The van der Waals surface area contributed by atoms with E-state index in [1.807, 2.05) is 17.4 Å². The number of nitrogens with one attached hydrogen (secondary N) is 1. The van der Waals surface area contributed by atoms with E-state index in [1.54, 1.807) is 24.3 Å². The molecule has 30 heavy (non-hydrogen) atoms. The van der Waals surface area contributed by atoms with Crippen LogP contribution in [0, 0.1) is 0 Å². The van der Waals surface area contributed by atoms with Crippen LogP contribution in [0.15, 0.2) is 48.5 Å². The normalized spacial score (nSPS) is 13.9. The van der Waals surface area contributed by atoms with Crippen molar-refractivity contribution in [2.75, 3.05) is 13.7 Å². The number of halogens is 3. The monoisotopic (exact) mass is 420 g/mol. The molecule has 0 saturated heterocycles. The number of ether oxygens (including phenoxy) is 1. The number of amides is 1. The zero-order chi connectivity index (χ0) is 21.7. The molecule has 0 aromatic heterocycles. The van der Waals surface area contributed by atoms with E-state index in [0.717, 1.165) is 24.0 Å². The highest BCUT2D eigenvalue weighted by molar-refractivity contribution is 5.94. The van der Waals surface area contributed by atoms with Crippen LogP contribution in [0.4, 0.5) is 13.2 Å². The van der Waals surface area contributed by atoms with Crippen LogP contribution in [-0.4, -0.2) is 42.6 Å². The minimum atomic E-state index is -4.44. The van der Waals surface area contributed by atoms with Crippen LogP contribution in [0.3, 0.4) is 0 Å². The van der Waals surface area contributed by atoms with Crippen LogP contribution in [0.25, 0.3) is 0 Å². The Hall–Kier alpha value is -2.87.